The van der Waals surface area contributed by atoms with Crippen LogP contribution < -0.4 is 5.73 Å². The number of rotatable bonds is 2. The molecule has 2 heterocycles. The molecule has 0 bridgehead atoms. The molecule has 0 aliphatic rings. The van der Waals surface area contributed by atoms with Gasteiger partial charge in [0.05, 0.1) is 16.4 Å². The maximum atomic E-state index is 5.97. The van der Waals surface area contributed by atoms with Crippen molar-refractivity contribution in [3.63, 3.8) is 0 Å². The molecule has 0 atom stereocenters. The summed E-state index contributed by atoms with van der Waals surface area (Å²) in [7, 11) is 0. The number of nitrogens with one attached hydrogen (secondary N) is 1. The Kier molecular flexibility index (Phi) is 2.26. The Morgan fingerprint density at radius 1 is 1.64 bits per heavy atom. The number of nitrogens with zero attached hydrogens (tertiary/aromatic N) is 2. The van der Waals surface area contributed by atoms with E-state index in [9.17, 15) is 0 Å². The Morgan fingerprint density at radius 2 is 2.43 bits per heavy atom. The Balaban J connectivity index is 2.44. The van der Waals surface area contributed by atoms with Gasteiger partial charge in [0.25, 0.3) is 0 Å². The molecule has 0 saturated carbocycles. The van der Waals surface area contributed by atoms with Crippen molar-refractivity contribution in [2.24, 2.45) is 5.73 Å². The maximum Gasteiger partial charge on any atom is 0.248 e. The van der Waals surface area contributed by atoms with Gasteiger partial charge in [0.15, 0.2) is 5.69 Å². The lowest BCUT2D eigenvalue weighted by molar-refractivity contribution is 0.570. The standard InChI is InChI=1S/C8H9ClN4O/c1-4-6(9)7(13-12-4)8-11-5(2-10)3-14-8/h3H,2,10H2,1H3,(H,12,13). The van der Waals surface area contributed by atoms with Crippen LogP contribution in [0, 0.1) is 6.92 Å². The molecule has 3 N–H and O–H groups in total. The van der Waals surface area contributed by atoms with Gasteiger partial charge in [-0.05, 0) is 6.92 Å². The number of halogens is 1. The Morgan fingerprint density at radius 3 is 2.93 bits per heavy atom. The van der Waals surface area contributed by atoms with Crippen LogP contribution >= 0.6 is 11.6 Å². The maximum absolute atomic E-state index is 5.97. The molecule has 14 heavy (non-hydrogen) atoms. The molecule has 0 spiro atoms. The third-order valence-corrected chi connectivity index (χ3v) is 2.30. The quantitative estimate of drug-likeness (QED) is 0.790. The summed E-state index contributed by atoms with van der Waals surface area (Å²) in [5.41, 5.74) is 7.38. The predicted octanol–water partition coefficient (Wildman–Crippen LogP) is 1.49. The van der Waals surface area contributed by atoms with E-state index in [0.717, 1.165) is 5.69 Å². The zero-order valence-electron chi connectivity index (χ0n) is 7.54. The molecular formula is C8H9ClN4O. The van der Waals surface area contributed by atoms with Gasteiger partial charge < -0.3 is 10.2 Å². The van der Waals surface area contributed by atoms with Gasteiger partial charge in [-0.3, -0.25) is 5.10 Å². The summed E-state index contributed by atoms with van der Waals surface area (Å²) in [4.78, 5) is 4.11. The van der Waals surface area contributed by atoms with Crippen LogP contribution in [0.2, 0.25) is 5.02 Å². The summed E-state index contributed by atoms with van der Waals surface area (Å²) in [6.45, 7) is 2.16. The van der Waals surface area contributed by atoms with Gasteiger partial charge in [0, 0.05) is 6.54 Å². The van der Waals surface area contributed by atoms with Gasteiger partial charge in [-0.15, -0.1) is 0 Å². The van der Waals surface area contributed by atoms with E-state index in [-0.39, 0.29) is 0 Å². The normalized spacial score (nSPS) is 10.8. The summed E-state index contributed by atoms with van der Waals surface area (Å²) in [5.74, 6) is 0.389. The van der Waals surface area contributed by atoms with Crippen LogP contribution in [0.5, 0.6) is 0 Å². The van der Waals surface area contributed by atoms with Crippen molar-refractivity contribution >= 4 is 11.6 Å². The highest BCUT2D eigenvalue weighted by Crippen LogP contribution is 2.26. The van der Waals surface area contributed by atoms with Crippen molar-refractivity contribution in [3.8, 4) is 11.6 Å². The monoisotopic (exact) mass is 212 g/mol. The van der Waals surface area contributed by atoms with Gasteiger partial charge in [0.2, 0.25) is 5.89 Å². The minimum Gasteiger partial charge on any atom is -0.443 e. The van der Waals surface area contributed by atoms with Crippen LogP contribution in [0.3, 0.4) is 0 Å². The van der Waals surface area contributed by atoms with E-state index in [1.807, 2.05) is 6.92 Å². The van der Waals surface area contributed by atoms with Gasteiger partial charge in [0.1, 0.15) is 6.26 Å². The van der Waals surface area contributed by atoms with E-state index in [1.54, 1.807) is 0 Å². The SMILES string of the molecule is Cc1[nH]nc(-c2nc(CN)co2)c1Cl. The first-order valence-electron chi connectivity index (χ1n) is 4.07. The Labute approximate surface area is 85.3 Å². The minimum atomic E-state index is 0.338. The smallest absolute Gasteiger partial charge is 0.248 e. The van der Waals surface area contributed by atoms with Crippen LogP contribution in [0.1, 0.15) is 11.4 Å². The second-order valence-electron chi connectivity index (χ2n) is 2.86. The highest BCUT2D eigenvalue weighted by Gasteiger charge is 2.14. The van der Waals surface area contributed by atoms with E-state index in [0.29, 0.717) is 28.8 Å². The molecular weight excluding hydrogens is 204 g/mol. The number of aromatic nitrogens is 3. The molecule has 6 heteroatoms. The van der Waals surface area contributed by atoms with Crippen molar-refractivity contribution in [3.05, 3.63) is 22.7 Å². The highest BCUT2D eigenvalue weighted by molar-refractivity contribution is 6.33. The fraction of sp³-hybridized carbons (Fsp3) is 0.250. The molecule has 2 rings (SSSR count). The molecule has 2 aromatic rings. The topological polar surface area (TPSA) is 80.7 Å². The van der Waals surface area contributed by atoms with Crippen molar-refractivity contribution < 1.29 is 4.42 Å². The van der Waals surface area contributed by atoms with E-state index < -0.39 is 0 Å². The van der Waals surface area contributed by atoms with E-state index in [4.69, 9.17) is 21.8 Å². The average molecular weight is 213 g/mol. The molecule has 0 unspecified atom stereocenters. The van der Waals surface area contributed by atoms with Gasteiger partial charge in [-0.25, -0.2) is 4.98 Å². The van der Waals surface area contributed by atoms with Gasteiger partial charge >= 0.3 is 0 Å². The molecule has 0 saturated heterocycles. The first-order valence-corrected chi connectivity index (χ1v) is 4.45. The largest absolute Gasteiger partial charge is 0.443 e. The lowest BCUT2D eigenvalue weighted by Gasteiger charge is -1.88. The zero-order chi connectivity index (χ0) is 10.1. The molecule has 0 aromatic carbocycles. The number of oxazole rings is 1. The Hall–Kier alpha value is -1.33. The van der Waals surface area contributed by atoms with E-state index in [2.05, 4.69) is 15.2 Å². The molecule has 0 amide bonds. The average Bonchev–Trinajstić information content (AvgIpc) is 2.75. The fourth-order valence-corrected chi connectivity index (χ4v) is 1.23. The predicted molar refractivity (Wildman–Crippen MR) is 51.7 cm³/mol. The van der Waals surface area contributed by atoms with Crippen molar-refractivity contribution in [1.29, 1.82) is 0 Å². The van der Waals surface area contributed by atoms with Gasteiger partial charge in [-0.1, -0.05) is 11.6 Å². The van der Waals surface area contributed by atoms with Crippen LogP contribution in [0.15, 0.2) is 10.7 Å². The summed E-state index contributed by atoms with van der Waals surface area (Å²) >= 11 is 5.97. The summed E-state index contributed by atoms with van der Waals surface area (Å²) in [5, 5.41) is 7.25. The van der Waals surface area contributed by atoms with Crippen molar-refractivity contribution in [2.75, 3.05) is 0 Å². The zero-order valence-corrected chi connectivity index (χ0v) is 8.30. The van der Waals surface area contributed by atoms with Gasteiger partial charge in [-0.2, -0.15) is 5.10 Å². The number of hydrogen-bond donors (Lipinski definition) is 2. The molecule has 0 aliphatic heterocycles. The summed E-state index contributed by atoms with van der Waals surface area (Å²) < 4.78 is 5.18. The number of H-pyrrole nitrogens is 1. The third kappa shape index (κ3) is 1.40. The van der Waals surface area contributed by atoms with Crippen LogP contribution in [0.4, 0.5) is 0 Å². The Bertz CT molecular complexity index is 448. The molecule has 0 aliphatic carbocycles. The summed E-state index contributed by atoms with van der Waals surface area (Å²) in [6.07, 6.45) is 1.50. The number of aryl methyl sites for hydroxylation is 1. The first-order chi connectivity index (χ1) is 6.72. The molecule has 0 radical (unpaired) electrons. The number of nitrogens with two attached hydrogens (primary N) is 1. The summed E-state index contributed by atoms with van der Waals surface area (Å²) in [6, 6.07) is 0. The first kappa shape index (κ1) is 9.23. The van der Waals surface area contributed by atoms with Crippen molar-refractivity contribution in [2.45, 2.75) is 13.5 Å². The lowest BCUT2D eigenvalue weighted by atomic mass is 10.3. The van der Waals surface area contributed by atoms with Crippen LogP contribution in [-0.4, -0.2) is 15.2 Å². The molecule has 0 fully saturated rings. The second kappa shape index (κ2) is 3.43. The van der Waals surface area contributed by atoms with Crippen LogP contribution in [-0.2, 0) is 6.54 Å². The minimum absolute atomic E-state index is 0.338. The third-order valence-electron chi connectivity index (χ3n) is 1.84. The number of hydrogen-bond acceptors (Lipinski definition) is 4. The molecule has 5 nitrogen and oxygen atoms in total. The molecule has 2 aromatic heterocycles. The van der Waals surface area contributed by atoms with Crippen LogP contribution in [0.25, 0.3) is 11.6 Å². The lowest BCUT2D eigenvalue weighted by Crippen LogP contribution is -1.95. The second-order valence-corrected chi connectivity index (χ2v) is 3.24. The fourth-order valence-electron chi connectivity index (χ4n) is 1.07. The molecule has 74 valence electrons. The highest BCUT2D eigenvalue weighted by atomic mass is 35.5. The van der Waals surface area contributed by atoms with Crippen molar-refractivity contribution in [1.82, 2.24) is 15.2 Å². The van der Waals surface area contributed by atoms with E-state index in [1.165, 1.54) is 6.26 Å². The number of aromatic amines is 1. The van der Waals surface area contributed by atoms with E-state index >= 15 is 0 Å².